The van der Waals surface area contributed by atoms with Gasteiger partial charge in [0.2, 0.25) is 0 Å². The highest BCUT2D eigenvalue weighted by atomic mass is 32.1. The van der Waals surface area contributed by atoms with E-state index >= 15 is 0 Å². The first-order valence-corrected chi connectivity index (χ1v) is 8.08. The van der Waals surface area contributed by atoms with E-state index in [4.69, 9.17) is 9.47 Å². The molecule has 20 heavy (non-hydrogen) atoms. The van der Waals surface area contributed by atoms with Crippen LogP contribution in [-0.4, -0.2) is 42.9 Å². The van der Waals surface area contributed by atoms with Crippen LogP contribution in [-0.2, 0) is 22.3 Å². The Hall–Kier alpha value is -0.980. The molecule has 1 aromatic heterocycles. The number of fused-ring (bicyclic) bond motifs is 1. The minimum Gasteiger partial charge on any atom is -0.376 e. The van der Waals surface area contributed by atoms with Crippen molar-refractivity contribution in [2.45, 2.75) is 44.8 Å². The van der Waals surface area contributed by atoms with E-state index in [-0.39, 0.29) is 18.1 Å². The highest BCUT2D eigenvalue weighted by Gasteiger charge is 2.31. The summed E-state index contributed by atoms with van der Waals surface area (Å²) in [5.74, 6) is -0.0930. The lowest BCUT2D eigenvalue weighted by Crippen LogP contribution is -2.43. The van der Waals surface area contributed by atoms with Crippen LogP contribution >= 0.6 is 11.3 Å². The molecule has 2 aliphatic rings. The van der Waals surface area contributed by atoms with Crippen LogP contribution in [0.1, 0.15) is 40.1 Å². The summed E-state index contributed by atoms with van der Waals surface area (Å²) >= 11 is 1.54. The standard InChI is InChI=1S/C14H20N2O3S/c1-2-19-11-8-18-7-10(11)15-13(17)14-16-9-5-3-4-6-12(9)20-14/h10-11H,2-8H2,1H3,(H,15,17)/t10-,11-/m0/s1. The minimum atomic E-state index is -0.0930. The van der Waals surface area contributed by atoms with E-state index in [1.165, 1.54) is 29.1 Å². The zero-order valence-corrected chi connectivity index (χ0v) is 12.5. The zero-order chi connectivity index (χ0) is 13.9. The van der Waals surface area contributed by atoms with E-state index in [0.717, 1.165) is 18.5 Å². The van der Waals surface area contributed by atoms with Gasteiger partial charge in [-0.1, -0.05) is 0 Å². The molecule has 1 saturated heterocycles. The van der Waals surface area contributed by atoms with Crippen LogP contribution in [0.4, 0.5) is 0 Å². The molecule has 110 valence electrons. The summed E-state index contributed by atoms with van der Waals surface area (Å²) in [4.78, 5) is 18.1. The fourth-order valence-corrected chi connectivity index (χ4v) is 3.78. The lowest BCUT2D eigenvalue weighted by atomic mass is 10.0. The van der Waals surface area contributed by atoms with Crippen molar-refractivity contribution in [1.82, 2.24) is 10.3 Å². The third-order valence-corrected chi connectivity index (χ3v) is 4.92. The molecular formula is C14H20N2O3S. The van der Waals surface area contributed by atoms with E-state index in [9.17, 15) is 4.79 Å². The molecule has 1 aliphatic carbocycles. The summed E-state index contributed by atoms with van der Waals surface area (Å²) in [7, 11) is 0. The zero-order valence-electron chi connectivity index (χ0n) is 11.7. The Labute approximate surface area is 122 Å². The molecule has 0 bridgehead atoms. The highest BCUT2D eigenvalue weighted by Crippen LogP contribution is 2.26. The summed E-state index contributed by atoms with van der Waals surface area (Å²) in [5, 5.41) is 3.58. The maximum absolute atomic E-state index is 12.3. The van der Waals surface area contributed by atoms with Crippen molar-refractivity contribution < 1.29 is 14.3 Å². The molecule has 2 atom stereocenters. The minimum absolute atomic E-state index is 0.0430. The van der Waals surface area contributed by atoms with Gasteiger partial charge in [-0.3, -0.25) is 4.79 Å². The number of hydrogen-bond donors (Lipinski definition) is 1. The predicted octanol–water partition coefficient (Wildman–Crippen LogP) is 1.56. The van der Waals surface area contributed by atoms with Crippen molar-refractivity contribution in [2.75, 3.05) is 19.8 Å². The fraction of sp³-hybridized carbons (Fsp3) is 0.714. The summed E-state index contributed by atoms with van der Waals surface area (Å²) in [5.41, 5.74) is 1.12. The van der Waals surface area contributed by atoms with Gasteiger partial charge in [0, 0.05) is 11.5 Å². The first-order chi connectivity index (χ1) is 9.78. The van der Waals surface area contributed by atoms with E-state index in [1.807, 2.05) is 6.92 Å². The molecule has 6 heteroatoms. The SMILES string of the molecule is CCO[C@H]1COC[C@@H]1NC(=O)c1nc2c(s1)CCCC2. The van der Waals surface area contributed by atoms with E-state index in [1.54, 1.807) is 0 Å². The number of nitrogens with zero attached hydrogens (tertiary/aromatic N) is 1. The smallest absolute Gasteiger partial charge is 0.280 e. The van der Waals surface area contributed by atoms with Gasteiger partial charge in [0.1, 0.15) is 6.10 Å². The Kier molecular flexibility index (Phi) is 4.33. The molecule has 1 aromatic rings. The molecule has 5 nitrogen and oxygen atoms in total. The Morgan fingerprint density at radius 1 is 1.45 bits per heavy atom. The summed E-state index contributed by atoms with van der Waals surface area (Å²) in [6.07, 6.45) is 4.42. The van der Waals surface area contributed by atoms with E-state index in [0.29, 0.717) is 24.8 Å². The number of ether oxygens (including phenoxy) is 2. The molecule has 0 radical (unpaired) electrons. The number of carbonyl (C=O) groups is 1. The Balaban J connectivity index is 1.65. The van der Waals surface area contributed by atoms with Crippen molar-refractivity contribution in [3.8, 4) is 0 Å². The van der Waals surface area contributed by atoms with Crippen LogP contribution in [0.3, 0.4) is 0 Å². The molecule has 2 heterocycles. The van der Waals surface area contributed by atoms with Gasteiger partial charge in [-0.05, 0) is 32.6 Å². The molecule has 1 aliphatic heterocycles. The first kappa shape index (κ1) is 14.0. The number of aromatic nitrogens is 1. The van der Waals surface area contributed by atoms with Crippen LogP contribution in [0.15, 0.2) is 0 Å². The fourth-order valence-electron chi connectivity index (χ4n) is 2.73. The molecular weight excluding hydrogens is 276 g/mol. The van der Waals surface area contributed by atoms with Crippen LogP contribution < -0.4 is 5.32 Å². The number of thiazole rings is 1. The van der Waals surface area contributed by atoms with Crippen molar-refractivity contribution >= 4 is 17.2 Å². The van der Waals surface area contributed by atoms with Gasteiger partial charge in [-0.2, -0.15) is 0 Å². The van der Waals surface area contributed by atoms with Crippen molar-refractivity contribution in [1.29, 1.82) is 0 Å². The first-order valence-electron chi connectivity index (χ1n) is 7.26. The van der Waals surface area contributed by atoms with Gasteiger partial charge >= 0.3 is 0 Å². The molecule has 3 rings (SSSR count). The highest BCUT2D eigenvalue weighted by molar-refractivity contribution is 7.13. The molecule has 1 fully saturated rings. The van der Waals surface area contributed by atoms with Gasteiger partial charge in [0.25, 0.3) is 5.91 Å². The van der Waals surface area contributed by atoms with Gasteiger partial charge < -0.3 is 14.8 Å². The van der Waals surface area contributed by atoms with Gasteiger partial charge in [0.15, 0.2) is 5.01 Å². The van der Waals surface area contributed by atoms with Crippen molar-refractivity contribution in [2.24, 2.45) is 0 Å². The molecule has 1 N–H and O–H groups in total. The third kappa shape index (κ3) is 2.87. The number of hydrogen-bond acceptors (Lipinski definition) is 5. The average Bonchev–Trinajstić information content (AvgIpc) is 3.06. The topological polar surface area (TPSA) is 60.5 Å². The molecule has 0 aromatic carbocycles. The van der Waals surface area contributed by atoms with Crippen LogP contribution in [0.25, 0.3) is 0 Å². The quantitative estimate of drug-likeness (QED) is 0.916. The molecule has 1 amide bonds. The summed E-state index contributed by atoms with van der Waals surface area (Å²) in [6.45, 7) is 3.65. The predicted molar refractivity (Wildman–Crippen MR) is 76.2 cm³/mol. The van der Waals surface area contributed by atoms with Crippen molar-refractivity contribution in [3.05, 3.63) is 15.6 Å². The number of rotatable bonds is 4. The second-order valence-electron chi connectivity index (χ2n) is 5.21. The number of amides is 1. The second-order valence-corrected chi connectivity index (χ2v) is 6.29. The summed E-state index contributed by atoms with van der Waals surface area (Å²) < 4.78 is 11.0. The average molecular weight is 296 g/mol. The molecule has 0 saturated carbocycles. The van der Waals surface area contributed by atoms with E-state index in [2.05, 4.69) is 10.3 Å². The normalized spacial score (nSPS) is 25.4. The maximum atomic E-state index is 12.3. The number of nitrogens with one attached hydrogen (secondary N) is 1. The molecule has 0 spiro atoms. The number of carbonyl (C=O) groups excluding carboxylic acids is 1. The monoisotopic (exact) mass is 296 g/mol. The van der Waals surface area contributed by atoms with Crippen molar-refractivity contribution in [3.63, 3.8) is 0 Å². The Morgan fingerprint density at radius 2 is 2.30 bits per heavy atom. The van der Waals surface area contributed by atoms with Gasteiger partial charge in [-0.15, -0.1) is 11.3 Å². The summed E-state index contributed by atoms with van der Waals surface area (Å²) in [6, 6.07) is -0.0663. The largest absolute Gasteiger partial charge is 0.376 e. The lowest BCUT2D eigenvalue weighted by Gasteiger charge is -2.18. The van der Waals surface area contributed by atoms with Crippen LogP contribution in [0.5, 0.6) is 0 Å². The molecule has 0 unspecified atom stereocenters. The Bertz CT molecular complexity index is 465. The maximum Gasteiger partial charge on any atom is 0.280 e. The third-order valence-electron chi connectivity index (χ3n) is 3.77. The lowest BCUT2D eigenvalue weighted by molar-refractivity contribution is 0.0402. The van der Waals surface area contributed by atoms with Gasteiger partial charge in [0.05, 0.1) is 24.9 Å². The van der Waals surface area contributed by atoms with Crippen LogP contribution in [0.2, 0.25) is 0 Å². The van der Waals surface area contributed by atoms with Crippen LogP contribution in [0, 0.1) is 0 Å². The Morgan fingerprint density at radius 3 is 3.10 bits per heavy atom. The van der Waals surface area contributed by atoms with Gasteiger partial charge in [-0.25, -0.2) is 4.98 Å². The number of aryl methyl sites for hydroxylation is 2. The second kappa shape index (κ2) is 6.20. The van der Waals surface area contributed by atoms with E-state index < -0.39 is 0 Å².